The largest absolute Gasteiger partial charge is 0.416 e. The Labute approximate surface area is 214 Å². The van der Waals surface area contributed by atoms with Gasteiger partial charge in [0.1, 0.15) is 0 Å². The smallest absolute Gasteiger partial charge is 0.312 e. The zero-order chi connectivity index (χ0) is 25.0. The van der Waals surface area contributed by atoms with Crippen LogP contribution in [0.2, 0.25) is 5.02 Å². The van der Waals surface area contributed by atoms with E-state index in [9.17, 15) is 18.0 Å². The molecule has 11 heteroatoms. The molecule has 3 aliphatic rings. The van der Waals surface area contributed by atoms with Crippen LogP contribution in [0.5, 0.6) is 0 Å². The Morgan fingerprint density at radius 2 is 2.11 bits per heavy atom. The van der Waals surface area contributed by atoms with Crippen LogP contribution in [0.4, 0.5) is 13.2 Å². The molecule has 36 heavy (non-hydrogen) atoms. The van der Waals surface area contributed by atoms with Gasteiger partial charge in [-0.3, -0.25) is 14.5 Å². The molecule has 186 valence electrons. The molecule has 2 aromatic carbocycles. The van der Waals surface area contributed by atoms with Gasteiger partial charge in [-0.25, -0.2) is 0 Å². The van der Waals surface area contributed by atoms with Gasteiger partial charge in [-0.05, 0) is 78.0 Å². The van der Waals surface area contributed by atoms with Crippen molar-refractivity contribution in [2.24, 2.45) is 16.8 Å². The van der Waals surface area contributed by atoms with E-state index in [1.807, 2.05) is 12.1 Å². The van der Waals surface area contributed by atoms with Gasteiger partial charge in [0, 0.05) is 16.5 Å². The van der Waals surface area contributed by atoms with Crippen LogP contribution in [0.3, 0.4) is 0 Å². The van der Waals surface area contributed by atoms with E-state index in [0.29, 0.717) is 28.2 Å². The number of aliphatic imine (C=N–C) groups is 1. The molecular weight excluding hydrogens is 511 g/mol. The maximum atomic E-state index is 13.5. The number of nitrogens with zero attached hydrogens (tertiary/aromatic N) is 3. The van der Waals surface area contributed by atoms with Crippen LogP contribution < -0.4 is 10.6 Å². The van der Waals surface area contributed by atoms with Crippen LogP contribution in [0.25, 0.3) is 17.0 Å². The first kappa shape index (κ1) is 23.6. The molecule has 1 saturated carbocycles. The molecule has 1 amide bonds. The van der Waals surface area contributed by atoms with E-state index in [0.717, 1.165) is 35.4 Å². The molecule has 3 aromatic rings. The molecule has 6 nitrogen and oxygen atoms in total. The monoisotopic (exact) mass is 531 g/mol. The maximum absolute atomic E-state index is 13.5. The van der Waals surface area contributed by atoms with Crippen molar-refractivity contribution in [3.63, 3.8) is 0 Å². The minimum absolute atomic E-state index is 0.0304. The van der Waals surface area contributed by atoms with Gasteiger partial charge in [-0.1, -0.05) is 23.7 Å². The summed E-state index contributed by atoms with van der Waals surface area (Å²) in [6, 6.07) is 9.61. The number of amides is 1. The lowest BCUT2D eigenvalue weighted by atomic mass is 10.1. The zero-order valence-corrected chi connectivity index (χ0v) is 20.4. The fourth-order valence-electron chi connectivity index (χ4n) is 4.92. The topological polar surface area (TPSA) is 71.3 Å². The number of benzene rings is 2. The summed E-state index contributed by atoms with van der Waals surface area (Å²) in [5.41, 5.74) is 0.788. The van der Waals surface area contributed by atoms with Crippen molar-refractivity contribution in [1.82, 2.24) is 20.4 Å². The fourth-order valence-corrected chi connectivity index (χ4v) is 5.92. The molecule has 3 unspecified atom stereocenters. The number of carbonyl (C=O) groups is 1. The Morgan fingerprint density at radius 1 is 1.25 bits per heavy atom. The molecule has 2 saturated heterocycles. The number of rotatable bonds is 5. The van der Waals surface area contributed by atoms with Crippen molar-refractivity contribution in [1.29, 1.82) is 0 Å². The van der Waals surface area contributed by atoms with Crippen molar-refractivity contribution < 1.29 is 18.0 Å². The molecule has 3 atom stereocenters. The summed E-state index contributed by atoms with van der Waals surface area (Å²) < 4.78 is 42.0. The van der Waals surface area contributed by atoms with E-state index < -0.39 is 11.7 Å². The quantitative estimate of drug-likeness (QED) is 0.458. The maximum Gasteiger partial charge on any atom is 0.416 e. The summed E-state index contributed by atoms with van der Waals surface area (Å²) >= 11 is 7.11. The summed E-state index contributed by atoms with van der Waals surface area (Å²) in [4.78, 5) is 17.6. The third-order valence-corrected chi connectivity index (χ3v) is 8.06. The van der Waals surface area contributed by atoms with Gasteiger partial charge in [-0.15, -0.1) is 0 Å². The Morgan fingerprint density at radius 3 is 2.86 bits per heavy atom. The lowest BCUT2D eigenvalue weighted by Crippen LogP contribution is -2.30. The molecule has 2 N–H and O–H groups in total. The lowest BCUT2D eigenvalue weighted by Gasteiger charge is -2.14. The van der Waals surface area contributed by atoms with Crippen molar-refractivity contribution in [2.45, 2.75) is 25.2 Å². The second-order valence-corrected chi connectivity index (χ2v) is 10.8. The first-order valence-corrected chi connectivity index (χ1v) is 12.7. The SMILES string of the molecule is O=C1NC(=NCC2NCC3CC32)S/C1=C\c1ccc2c(cnn2Cc2ccc(Cl)cc2C(F)(F)F)c1. The number of hydrogen-bond acceptors (Lipinski definition) is 5. The first-order valence-electron chi connectivity index (χ1n) is 11.5. The molecule has 6 rings (SSSR count). The summed E-state index contributed by atoms with van der Waals surface area (Å²) in [5, 5.41) is 12.0. The molecule has 0 bridgehead atoms. The Bertz CT molecular complexity index is 1430. The van der Waals surface area contributed by atoms with Gasteiger partial charge in [0.2, 0.25) is 0 Å². The summed E-state index contributed by atoms with van der Waals surface area (Å²) in [5.74, 6) is 1.33. The normalized spacial score (nSPS) is 25.7. The predicted octanol–water partition coefficient (Wildman–Crippen LogP) is 4.92. The third kappa shape index (κ3) is 4.65. The minimum atomic E-state index is -4.52. The van der Waals surface area contributed by atoms with E-state index in [1.165, 1.54) is 35.0 Å². The number of aromatic nitrogens is 2. The van der Waals surface area contributed by atoms with Crippen molar-refractivity contribution in [3.05, 3.63) is 69.2 Å². The molecule has 1 aromatic heterocycles. The highest BCUT2D eigenvalue weighted by atomic mass is 35.5. The first-order chi connectivity index (χ1) is 17.2. The second-order valence-electron chi connectivity index (χ2n) is 9.30. The van der Waals surface area contributed by atoms with E-state index in [4.69, 9.17) is 11.6 Å². The molecular formula is C25H21ClF3N5OS. The Kier molecular flexibility index (Phi) is 5.85. The van der Waals surface area contributed by atoms with Gasteiger partial charge in [-0.2, -0.15) is 18.3 Å². The van der Waals surface area contributed by atoms with E-state index in [1.54, 1.807) is 18.3 Å². The number of piperidine rings is 1. The number of nitrogens with one attached hydrogen (secondary N) is 2. The van der Waals surface area contributed by atoms with Gasteiger partial charge < -0.3 is 10.6 Å². The average molecular weight is 532 g/mol. The third-order valence-electron chi connectivity index (χ3n) is 6.88. The number of alkyl halides is 3. The second kappa shape index (κ2) is 8.93. The molecule has 1 aliphatic carbocycles. The number of amidine groups is 1. The highest BCUT2D eigenvalue weighted by Gasteiger charge is 2.47. The van der Waals surface area contributed by atoms with Gasteiger partial charge in [0.25, 0.3) is 5.91 Å². The number of thioether (sulfide) groups is 1. The summed E-state index contributed by atoms with van der Waals surface area (Å²) in [6.07, 6.45) is 0.146. The summed E-state index contributed by atoms with van der Waals surface area (Å²) in [6.45, 7) is 1.67. The molecule has 2 aliphatic heterocycles. The van der Waals surface area contributed by atoms with Crippen LogP contribution in [-0.2, 0) is 17.5 Å². The highest BCUT2D eigenvalue weighted by molar-refractivity contribution is 8.18. The zero-order valence-electron chi connectivity index (χ0n) is 18.8. The average Bonchev–Trinajstić information content (AvgIpc) is 3.13. The Hall–Kier alpha value is -2.82. The van der Waals surface area contributed by atoms with Crippen molar-refractivity contribution in [3.8, 4) is 0 Å². The minimum Gasteiger partial charge on any atom is -0.312 e. The molecule has 3 heterocycles. The molecule has 3 fully saturated rings. The lowest BCUT2D eigenvalue weighted by molar-refractivity contribution is -0.138. The number of hydrogen-bond donors (Lipinski definition) is 2. The van der Waals surface area contributed by atoms with Crippen LogP contribution in [-0.4, -0.2) is 40.0 Å². The van der Waals surface area contributed by atoms with Gasteiger partial charge >= 0.3 is 6.18 Å². The van der Waals surface area contributed by atoms with Crippen LogP contribution in [0.1, 0.15) is 23.1 Å². The molecule has 0 spiro atoms. The predicted molar refractivity (Wildman–Crippen MR) is 135 cm³/mol. The number of fused-ring (bicyclic) bond motifs is 2. The van der Waals surface area contributed by atoms with Crippen LogP contribution >= 0.6 is 23.4 Å². The number of carbonyl (C=O) groups excluding carboxylic acids is 1. The number of halogens is 4. The van der Waals surface area contributed by atoms with Gasteiger partial charge in [0.05, 0.1) is 35.3 Å². The summed E-state index contributed by atoms with van der Waals surface area (Å²) in [7, 11) is 0. The van der Waals surface area contributed by atoms with Crippen molar-refractivity contribution in [2.75, 3.05) is 13.1 Å². The van der Waals surface area contributed by atoms with Crippen LogP contribution in [0.15, 0.2) is 52.5 Å². The van der Waals surface area contributed by atoms with E-state index >= 15 is 0 Å². The van der Waals surface area contributed by atoms with E-state index in [2.05, 4.69) is 20.7 Å². The van der Waals surface area contributed by atoms with Gasteiger partial charge in [0.15, 0.2) is 5.17 Å². The Balaban J connectivity index is 1.19. The standard InChI is InChI=1S/C25H21ClF3N5OS/c26-17-3-2-14(19(8-17)25(27,28)29)12-34-21-4-1-13(5-16(21)10-32-34)6-22-23(35)33-24(36-22)31-11-20-18-7-15(18)9-30-20/h1-6,8,10,15,18,20,30H,7,9,11-12H2,(H,31,33,35)/b22-6-. The van der Waals surface area contributed by atoms with Crippen LogP contribution in [0, 0.1) is 11.8 Å². The molecule has 0 radical (unpaired) electrons. The fraction of sp³-hybridized carbons (Fsp3) is 0.320. The highest BCUT2D eigenvalue weighted by Crippen LogP contribution is 2.45. The van der Waals surface area contributed by atoms with Crippen molar-refractivity contribution >= 4 is 51.4 Å². The van der Waals surface area contributed by atoms with E-state index in [-0.39, 0.29) is 23.0 Å².